The van der Waals surface area contributed by atoms with E-state index in [2.05, 4.69) is 146 Å². The maximum absolute atomic E-state index is 6.68. The van der Waals surface area contributed by atoms with Crippen LogP contribution in [-0.4, -0.2) is 15.0 Å². The number of hydrogen-bond acceptors (Lipinski definition) is 4. The predicted molar refractivity (Wildman–Crippen MR) is 232 cm³/mol. The Labute approximate surface area is 332 Å². The topological polar surface area (TPSA) is 51.8 Å². The SMILES string of the molecule is c1ccc(-c2ccc(-c3nc(-c4ccc5ccccc5c4)nc(-c4cc(-c5ccc(C67CC8CC(CC(C8)C6)C7)cc5)c5oc6ccccc6c5c4)n3)cc2)cc1. The van der Waals surface area contributed by atoms with Crippen molar-refractivity contribution in [3.63, 3.8) is 0 Å². The van der Waals surface area contributed by atoms with Crippen LogP contribution in [0.25, 0.3) is 89.1 Å². The first-order chi connectivity index (χ1) is 28.1. The fourth-order valence-electron chi connectivity index (χ4n) is 11.2. The molecule has 0 amide bonds. The summed E-state index contributed by atoms with van der Waals surface area (Å²) in [5, 5.41) is 4.48. The molecule has 4 saturated carbocycles. The van der Waals surface area contributed by atoms with Gasteiger partial charge in [-0.15, -0.1) is 0 Å². The normalized spacial score (nSPS) is 21.2. The average Bonchev–Trinajstić information content (AvgIpc) is 3.64. The molecule has 274 valence electrons. The number of hydrogen-bond donors (Lipinski definition) is 0. The summed E-state index contributed by atoms with van der Waals surface area (Å²) in [6.07, 6.45) is 8.44. The van der Waals surface area contributed by atoms with E-state index in [0.29, 0.717) is 22.9 Å². The smallest absolute Gasteiger partial charge is 0.164 e. The Hall–Kier alpha value is -6.39. The number of benzene rings is 7. The number of rotatable bonds is 6. The third-order valence-electron chi connectivity index (χ3n) is 13.5. The van der Waals surface area contributed by atoms with Gasteiger partial charge >= 0.3 is 0 Å². The summed E-state index contributed by atoms with van der Waals surface area (Å²) in [6.45, 7) is 0. The van der Waals surface area contributed by atoms with Gasteiger partial charge in [0.05, 0.1) is 0 Å². The maximum atomic E-state index is 6.68. The summed E-state index contributed by atoms with van der Waals surface area (Å²) in [5.74, 6) is 4.65. The van der Waals surface area contributed by atoms with E-state index in [0.717, 1.165) is 78.5 Å². The van der Waals surface area contributed by atoms with Crippen molar-refractivity contribution >= 4 is 32.7 Å². The van der Waals surface area contributed by atoms with Gasteiger partial charge in [0.2, 0.25) is 0 Å². The van der Waals surface area contributed by atoms with Crippen molar-refractivity contribution in [2.75, 3.05) is 0 Å². The summed E-state index contributed by atoms with van der Waals surface area (Å²) in [6, 6.07) is 56.2. The van der Waals surface area contributed by atoms with Crippen LogP contribution in [0.15, 0.2) is 162 Å². The van der Waals surface area contributed by atoms with E-state index < -0.39 is 0 Å². The molecule has 57 heavy (non-hydrogen) atoms. The van der Waals surface area contributed by atoms with Crippen molar-refractivity contribution < 1.29 is 4.42 Å². The molecule has 2 heterocycles. The van der Waals surface area contributed by atoms with Crippen LogP contribution in [0.2, 0.25) is 0 Å². The second-order valence-corrected chi connectivity index (χ2v) is 17.1. The lowest BCUT2D eigenvalue weighted by Crippen LogP contribution is -2.48. The fraction of sp³-hybridized carbons (Fsp3) is 0.189. The van der Waals surface area contributed by atoms with Gasteiger partial charge < -0.3 is 4.42 Å². The van der Waals surface area contributed by atoms with Gasteiger partial charge in [-0.25, -0.2) is 15.0 Å². The van der Waals surface area contributed by atoms with Crippen molar-refractivity contribution in [2.45, 2.75) is 43.9 Å². The lowest BCUT2D eigenvalue weighted by molar-refractivity contribution is -0.00518. The first-order valence-electron chi connectivity index (χ1n) is 20.6. The Morgan fingerprint density at radius 2 is 0.982 bits per heavy atom. The Balaban J connectivity index is 1.02. The summed E-state index contributed by atoms with van der Waals surface area (Å²) >= 11 is 0. The van der Waals surface area contributed by atoms with Crippen molar-refractivity contribution in [2.24, 2.45) is 17.8 Å². The van der Waals surface area contributed by atoms with Gasteiger partial charge in [0.25, 0.3) is 0 Å². The quantitative estimate of drug-likeness (QED) is 0.171. The van der Waals surface area contributed by atoms with Crippen molar-refractivity contribution in [1.82, 2.24) is 15.0 Å². The Bertz CT molecular complexity index is 2950. The van der Waals surface area contributed by atoms with Gasteiger partial charge in [-0.05, 0) is 119 Å². The molecule has 0 spiro atoms. The molecular formula is C53H41N3O. The number of aromatic nitrogens is 3. The van der Waals surface area contributed by atoms with Gasteiger partial charge in [0.1, 0.15) is 11.2 Å². The van der Waals surface area contributed by atoms with E-state index >= 15 is 0 Å². The third kappa shape index (κ3) is 5.61. The number of nitrogens with zero attached hydrogens (tertiary/aromatic N) is 3. The molecule has 0 saturated heterocycles. The van der Waals surface area contributed by atoms with Gasteiger partial charge in [0, 0.05) is 33.0 Å². The van der Waals surface area contributed by atoms with Crippen LogP contribution in [0.1, 0.15) is 44.1 Å². The largest absolute Gasteiger partial charge is 0.455 e. The summed E-state index contributed by atoms with van der Waals surface area (Å²) in [5.41, 5.74) is 11.0. The molecule has 0 unspecified atom stereocenters. The molecule has 4 nitrogen and oxygen atoms in total. The van der Waals surface area contributed by atoms with Crippen LogP contribution >= 0.6 is 0 Å². The van der Waals surface area contributed by atoms with Crippen LogP contribution < -0.4 is 0 Å². The molecule has 0 N–H and O–H groups in total. The van der Waals surface area contributed by atoms with Crippen LogP contribution in [0.5, 0.6) is 0 Å². The molecule has 0 aliphatic heterocycles. The monoisotopic (exact) mass is 735 g/mol. The van der Waals surface area contributed by atoms with E-state index in [4.69, 9.17) is 19.4 Å². The van der Waals surface area contributed by atoms with Crippen molar-refractivity contribution in [3.05, 3.63) is 163 Å². The van der Waals surface area contributed by atoms with E-state index in [1.165, 1.54) is 55.0 Å². The van der Waals surface area contributed by atoms with Crippen molar-refractivity contribution in [1.29, 1.82) is 0 Å². The lowest BCUT2D eigenvalue weighted by Gasteiger charge is -2.57. The highest BCUT2D eigenvalue weighted by Gasteiger charge is 2.51. The zero-order valence-corrected chi connectivity index (χ0v) is 31.7. The van der Waals surface area contributed by atoms with Crippen molar-refractivity contribution in [3.8, 4) is 56.4 Å². The molecule has 13 rings (SSSR count). The average molecular weight is 736 g/mol. The number of furan rings is 1. The molecule has 9 aromatic rings. The molecule has 4 heteroatoms. The molecule has 4 aliphatic rings. The minimum Gasteiger partial charge on any atom is -0.455 e. The zero-order chi connectivity index (χ0) is 37.5. The second-order valence-electron chi connectivity index (χ2n) is 17.1. The number of para-hydroxylation sites is 1. The molecule has 4 bridgehead atoms. The minimum atomic E-state index is 0.351. The molecule has 7 aromatic carbocycles. The molecular weight excluding hydrogens is 695 g/mol. The summed E-state index contributed by atoms with van der Waals surface area (Å²) in [4.78, 5) is 15.6. The Morgan fingerprint density at radius 3 is 1.72 bits per heavy atom. The zero-order valence-electron chi connectivity index (χ0n) is 31.7. The molecule has 4 fully saturated rings. The van der Waals surface area contributed by atoms with E-state index in [1.807, 2.05) is 12.1 Å². The standard InChI is InChI=1S/C53H41N3O/c1-2-8-36(9-3-1)38-14-17-40(18-15-38)50-54-51(42-19-16-37-10-4-5-11-41(37)27-42)56-52(55-50)43-28-46(49-47(29-43)45-12-6-7-13-48(45)57-49)39-20-22-44(23-21-39)53-30-33-24-34(31-53)26-35(25-33)32-53/h1-23,27-29,33-35H,24-26,30-32H2. The van der Waals surface area contributed by atoms with Gasteiger partial charge in [-0.3, -0.25) is 0 Å². The number of fused-ring (bicyclic) bond motifs is 4. The second kappa shape index (κ2) is 12.8. The molecule has 0 atom stereocenters. The highest BCUT2D eigenvalue weighted by atomic mass is 16.3. The predicted octanol–water partition coefficient (Wildman–Crippen LogP) is 13.7. The Kier molecular flexibility index (Phi) is 7.38. The summed E-state index contributed by atoms with van der Waals surface area (Å²) < 4.78 is 6.68. The highest BCUT2D eigenvalue weighted by molar-refractivity contribution is 6.11. The highest BCUT2D eigenvalue weighted by Crippen LogP contribution is 2.60. The van der Waals surface area contributed by atoms with Crippen LogP contribution in [0.3, 0.4) is 0 Å². The first-order valence-corrected chi connectivity index (χ1v) is 20.6. The third-order valence-corrected chi connectivity index (χ3v) is 13.5. The van der Waals surface area contributed by atoms with Gasteiger partial charge in [-0.2, -0.15) is 0 Å². The van der Waals surface area contributed by atoms with Gasteiger partial charge in [-0.1, -0.05) is 133 Å². The molecule has 2 aromatic heterocycles. The van der Waals surface area contributed by atoms with E-state index in [-0.39, 0.29) is 0 Å². The molecule has 4 aliphatic carbocycles. The van der Waals surface area contributed by atoms with Crippen LogP contribution in [0, 0.1) is 17.8 Å². The molecule has 0 radical (unpaired) electrons. The van der Waals surface area contributed by atoms with Gasteiger partial charge in [0.15, 0.2) is 17.5 Å². The van der Waals surface area contributed by atoms with Crippen LogP contribution in [0.4, 0.5) is 0 Å². The van der Waals surface area contributed by atoms with Crippen LogP contribution in [-0.2, 0) is 5.41 Å². The van der Waals surface area contributed by atoms with E-state index in [1.54, 1.807) is 0 Å². The maximum Gasteiger partial charge on any atom is 0.164 e. The Morgan fingerprint density at radius 1 is 0.421 bits per heavy atom. The van der Waals surface area contributed by atoms with E-state index in [9.17, 15) is 0 Å². The minimum absolute atomic E-state index is 0.351. The lowest BCUT2D eigenvalue weighted by atomic mass is 9.48. The summed E-state index contributed by atoms with van der Waals surface area (Å²) in [7, 11) is 0. The fourth-order valence-corrected chi connectivity index (χ4v) is 11.2. The first kappa shape index (κ1) is 32.8.